The second-order valence-electron chi connectivity index (χ2n) is 5.97. The van der Waals surface area contributed by atoms with Crippen molar-refractivity contribution in [1.82, 2.24) is 9.97 Å². The fourth-order valence-electron chi connectivity index (χ4n) is 1.46. The van der Waals surface area contributed by atoms with E-state index in [-0.39, 0.29) is 5.41 Å². The Balaban J connectivity index is 2.84. The molecule has 18 heavy (non-hydrogen) atoms. The second kappa shape index (κ2) is 6.00. The van der Waals surface area contributed by atoms with Crippen molar-refractivity contribution in [3.8, 4) is 0 Å². The first-order chi connectivity index (χ1) is 8.32. The normalized spacial score (nSPS) is 11.7. The average molecular weight is 251 g/mol. The lowest BCUT2D eigenvalue weighted by molar-refractivity contribution is 0.566. The van der Waals surface area contributed by atoms with E-state index in [0.717, 1.165) is 18.7 Å². The molecule has 1 aromatic heterocycles. The van der Waals surface area contributed by atoms with Crippen molar-refractivity contribution in [2.75, 3.05) is 17.3 Å². The minimum absolute atomic E-state index is 0.0248. The molecule has 0 aliphatic heterocycles. The zero-order chi connectivity index (χ0) is 13.8. The third kappa shape index (κ3) is 4.49. The zero-order valence-corrected chi connectivity index (χ0v) is 12.0. The van der Waals surface area contributed by atoms with Crippen LogP contribution in [0.15, 0.2) is 6.07 Å². The molecule has 0 atom stereocenters. The van der Waals surface area contributed by atoms with Gasteiger partial charge in [-0.3, -0.25) is 0 Å². The minimum atomic E-state index is -0.0248. The highest BCUT2D eigenvalue weighted by atomic mass is 15.3. The maximum atomic E-state index is 5.44. The Kier molecular flexibility index (Phi) is 4.90. The van der Waals surface area contributed by atoms with Crippen molar-refractivity contribution in [3.05, 3.63) is 11.8 Å². The Bertz CT molecular complexity index is 381. The lowest BCUT2D eigenvalue weighted by Gasteiger charge is -2.19. The number of hydrazine groups is 1. The number of nitrogen functional groups attached to an aromatic ring is 1. The van der Waals surface area contributed by atoms with Crippen molar-refractivity contribution < 1.29 is 0 Å². The summed E-state index contributed by atoms with van der Waals surface area (Å²) in [5.41, 5.74) is 3.53. The molecule has 1 rings (SSSR count). The van der Waals surface area contributed by atoms with Crippen molar-refractivity contribution in [2.24, 2.45) is 11.8 Å². The summed E-state index contributed by atoms with van der Waals surface area (Å²) in [6.07, 6.45) is 1.09. The fraction of sp³-hybridized carbons (Fsp3) is 0.692. The van der Waals surface area contributed by atoms with Gasteiger partial charge in [0.2, 0.25) is 5.95 Å². The average Bonchev–Trinajstić information content (AvgIpc) is 2.27. The topological polar surface area (TPSA) is 75.9 Å². The predicted octanol–water partition coefficient (Wildman–Crippen LogP) is 2.52. The molecule has 0 aromatic carbocycles. The van der Waals surface area contributed by atoms with E-state index in [1.807, 2.05) is 6.07 Å². The molecule has 0 unspecified atom stereocenters. The number of aromatic nitrogens is 2. The number of hydrogen-bond acceptors (Lipinski definition) is 5. The second-order valence-corrected chi connectivity index (χ2v) is 5.97. The predicted molar refractivity (Wildman–Crippen MR) is 76.5 cm³/mol. The molecule has 102 valence electrons. The van der Waals surface area contributed by atoms with Gasteiger partial charge in [-0.2, -0.15) is 4.98 Å². The van der Waals surface area contributed by atoms with Crippen LogP contribution in [-0.4, -0.2) is 16.5 Å². The summed E-state index contributed by atoms with van der Waals surface area (Å²) >= 11 is 0. The van der Waals surface area contributed by atoms with Gasteiger partial charge in [0.15, 0.2) is 0 Å². The molecule has 0 saturated carbocycles. The molecule has 0 saturated heterocycles. The third-order valence-corrected chi connectivity index (χ3v) is 2.65. The molecule has 4 N–H and O–H groups in total. The summed E-state index contributed by atoms with van der Waals surface area (Å²) in [4.78, 5) is 8.84. The van der Waals surface area contributed by atoms with Crippen LogP contribution >= 0.6 is 0 Å². The van der Waals surface area contributed by atoms with Crippen molar-refractivity contribution in [3.63, 3.8) is 0 Å². The first kappa shape index (κ1) is 14.7. The van der Waals surface area contributed by atoms with E-state index in [1.54, 1.807) is 0 Å². The van der Waals surface area contributed by atoms with Crippen LogP contribution in [0.4, 0.5) is 11.8 Å². The Morgan fingerprint density at radius 3 is 2.44 bits per heavy atom. The van der Waals surface area contributed by atoms with Gasteiger partial charge in [0.1, 0.15) is 5.82 Å². The number of nitrogens with one attached hydrogen (secondary N) is 2. The van der Waals surface area contributed by atoms with Gasteiger partial charge in [-0.15, -0.1) is 0 Å². The van der Waals surface area contributed by atoms with Crippen LogP contribution in [0.25, 0.3) is 0 Å². The smallest absolute Gasteiger partial charge is 0.224 e. The van der Waals surface area contributed by atoms with Crippen LogP contribution in [0.2, 0.25) is 0 Å². The largest absolute Gasteiger partial charge is 0.354 e. The number of nitrogens with two attached hydrogens (primary N) is 1. The van der Waals surface area contributed by atoms with Crippen LogP contribution in [-0.2, 0) is 5.41 Å². The Labute approximate surface area is 110 Å². The molecule has 1 aromatic rings. The van der Waals surface area contributed by atoms with E-state index in [0.29, 0.717) is 17.7 Å². The SMILES string of the molecule is CC(C)CCNc1nc(NN)cc(C(C)(C)C)n1. The molecular weight excluding hydrogens is 226 g/mol. The van der Waals surface area contributed by atoms with Gasteiger partial charge in [-0.25, -0.2) is 10.8 Å². The molecule has 0 fully saturated rings. The highest BCUT2D eigenvalue weighted by Crippen LogP contribution is 2.23. The van der Waals surface area contributed by atoms with Gasteiger partial charge in [-0.1, -0.05) is 34.6 Å². The third-order valence-electron chi connectivity index (χ3n) is 2.65. The van der Waals surface area contributed by atoms with Gasteiger partial charge < -0.3 is 10.7 Å². The molecule has 0 spiro atoms. The Morgan fingerprint density at radius 1 is 1.28 bits per heavy atom. The van der Waals surface area contributed by atoms with Gasteiger partial charge in [0.05, 0.1) is 5.69 Å². The highest BCUT2D eigenvalue weighted by Gasteiger charge is 2.17. The summed E-state index contributed by atoms with van der Waals surface area (Å²) in [6, 6.07) is 1.88. The van der Waals surface area contributed by atoms with Crippen LogP contribution in [0.3, 0.4) is 0 Å². The van der Waals surface area contributed by atoms with E-state index in [9.17, 15) is 0 Å². The summed E-state index contributed by atoms with van der Waals surface area (Å²) in [5, 5.41) is 3.25. The van der Waals surface area contributed by atoms with Crippen LogP contribution in [0, 0.1) is 5.92 Å². The molecule has 0 radical (unpaired) electrons. The summed E-state index contributed by atoms with van der Waals surface area (Å²) in [5.74, 6) is 7.38. The van der Waals surface area contributed by atoms with Crippen LogP contribution < -0.4 is 16.6 Å². The van der Waals surface area contributed by atoms with Crippen molar-refractivity contribution in [1.29, 1.82) is 0 Å². The lowest BCUT2D eigenvalue weighted by Crippen LogP contribution is -2.19. The van der Waals surface area contributed by atoms with E-state index in [2.05, 4.69) is 55.3 Å². The molecular formula is C13H25N5. The minimum Gasteiger partial charge on any atom is -0.354 e. The van der Waals surface area contributed by atoms with E-state index >= 15 is 0 Å². The van der Waals surface area contributed by atoms with Gasteiger partial charge in [-0.05, 0) is 12.3 Å². The number of nitrogens with zero attached hydrogens (tertiary/aromatic N) is 2. The molecule has 0 amide bonds. The van der Waals surface area contributed by atoms with Crippen molar-refractivity contribution in [2.45, 2.75) is 46.5 Å². The van der Waals surface area contributed by atoms with E-state index < -0.39 is 0 Å². The summed E-state index contributed by atoms with van der Waals surface area (Å²) < 4.78 is 0. The van der Waals surface area contributed by atoms with E-state index in [1.165, 1.54) is 0 Å². The zero-order valence-electron chi connectivity index (χ0n) is 12.0. The summed E-state index contributed by atoms with van der Waals surface area (Å²) in [6.45, 7) is 11.6. The lowest BCUT2D eigenvalue weighted by atomic mass is 9.92. The first-order valence-electron chi connectivity index (χ1n) is 6.43. The monoisotopic (exact) mass is 251 g/mol. The Hall–Kier alpha value is -1.36. The number of anilines is 2. The fourth-order valence-corrected chi connectivity index (χ4v) is 1.46. The number of hydrogen-bond donors (Lipinski definition) is 3. The maximum Gasteiger partial charge on any atom is 0.224 e. The molecule has 1 heterocycles. The van der Waals surface area contributed by atoms with Crippen LogP contribution in [0.5, 0.6) is 0 Å². The van der Waals surface area contributed by atoms with Gasteiger partial charge in [0.25, 0.3) is 0 Å². The highest BCUT2D eigenvalue weighted by molar-refractivity contribution is 5.42. The molecule has 0 bridgehead atoms. The van der Waals surface area contributed by atoms with Gasteiger partial charge >= 0.3 is 0 Å². The van der Waals surface area contributed by atoms with Gasteiger partial charge in [0, 0.05) is 18.0 Å². The maximum absolute atomic E-state index is 5.44. The molecule has 5 nitrogen and oxygen atoms in total. The molecule has 0 aliphatic carbocycles. The first-order valence-corrected chi connectivity index (χ1v) is 6.43. The summed E-state index contributed by atoms with van der Waals surface area (Å²) in [7, 11) is 0. The van der Waals surface area contributed by atoms with E-state index in [4.69, 9.17) is 5.84 Å². The standard InChI is InChI=1S/C13H25N5/c1-9(2)6-7-15-12-16-10(13(3,4)5)8-11(17-12)18-14/h8-9H,6-7,14H2,1-5H3,(H2,15,16,17,18). The van der Waals surface area contributed by atoms with Crippen LogP contribution in [0.1, 0.15) is 46.7 Å². The molecule has 5 heteroatoms. The number of rotatable bonds is 5. The molecule has 0 aliphatic rings. The quantitative estimate of drug-likeness (QED) is 0.554. The Morgan fingerprint density at radius 2 is 1.94 bits per heavy atom. The van der Waals surface area contributed by atoms with Crippen molar-refractivity contribution >= 4 is 11.8 Å².